The zero-order valence-corrected chi connectivity index (χ0v) is 13.6. The lowest BCUT2D eigenvalue weighted by Crippen LogP contribution is -2.45. The number of rotatable bonds is 5. The van der Waals surface area contributed by atoms with Gasteiger partial charge in [0.15, 0.2) is 0 Å². The number of aliphatic carboxylic acids is 1. The monoisotopic (exact) mass is 329 g/mol. The Labute approximate surface area is 138 Å². The van der Waals surface area contributed by atoms with E-state index in [1.807, 2.05) is 0 Å². The Kier molecular flexibility index (Phi) is 4.09. The van der Waals surface area contributed by atoms with Gasteiger partial charge in [0, 0.05) is 18.5 Å². The first kappa shape index (κ1) is 16.2. The van der Waals surface area contributed by atoms with Gasteiger partial charge in [-0.2, -0.15) is 5.10 Å². The standard InChI is InChI=1S/C17H19N3O4/c1-10(17(23)24)20(11-7-8-11)15(21)9-14-12-5-3-4-6-13(12)16(22)19(2)18-14/h3-6,10-11H,7-9H2,1-2H3,(H,23,24). The lowest BCUT2D eigenvalue weighted by Gasteiger charge is -2.26. The molecule has 1 saturated carbocycles. The number of carbonyl (C=O) groups is 2. The molecule has 7 heteroatoms. The summed E-state index contributed by atoms with van der Waals surface area (Å²) in [7, 11) is 1.54. The summed E-state index contributed by atoms with van der Waals surface area (Å²) in [6, 6.07) is 6.13. The molecule has 1 unspecified atom stereocenters. The minimum absolute atomic E-state index is 0.0117. The van der Waals surface area contributed by atoms with Crippen LogP contribution in [0.15, 0.2) is 29.1 Å². The summed E-state index contributed by atoms with van der Waals surface area (Å²) >= 11 is 0. The Bertz CT molecular complexity index is 870. The topological polar surface area (TPSA) is 92.5 Å². The molecule has 126 valence electrons. The van der Waals surface area contributed by atoms with Gasteiger partial charge in [0.05, 0.1) is 17.5 Å². The average molecular weight is 329 g/mol. The number of fused-ring (bicyclic) bond motifs is 1. The van der Waals surface area contributed by atoms with Crippen LogP contribution in [0, 0.1) is 0 Å². The largest absolute Gasteiger partial charge is 0.480 e. The summed E-state index contributed by atoms with van der Waals surface area (Å²) in [5.41, 5.74) is 0.265. The molecule has 0 bridgehead atoms. The fraction of sp³-hybridized carbons (Fsp3) is 0.412. The van der Waals surface area contributed by atoms with Crippen molar-refractivity contribution in [2.45, 2.75) is 38.3 Å². The second kappa shape index (κ2) is 6.07. The number of nitrogens with zero attached hydrogens (tertiary/aromatic N) is 3. The van der Waals surface area contributed by atoms with Crippen LogP contribution in [0.5, 0.6) is 0 Å². The predicted octanol–water partition coefficient (Wildman–Crippen LogP) is 0.940. The maximum Gasteiger partial charge on any atom is 0.326 e. The van der Waals surface area contributed by atoms with Crippen LogP contribution in [-0.2, 0) is 23.1 Å². The highest BCUT2D eigenvalue weighted by molar-refractivity contribution is 5.90. The number of carbonyl (C=O) groups excluding carboxylic acids is 1. The summed E-state index contributed by atoms with van der Waals surface area (Å²) in [4.78, 5) is 37.6. The van der Waals surface area contributed by atoms with Gasteiger partial charge in [-0.1, -0.05) is 18.2 Å². The van der Waals surface area contributed by atoms with Crippen molar-refractivity contribution in [2.75, 3.05) is 0 Å². The third-order valence-corrected chi connectivity index (χ3v) is 4.35. The molecule has 0 aliphatic heterocycles. The number of benzene rings is 1. The lowest BCUT2D eigenvalue weighted by molar-refractivity contribution is -0.149. The first-order chi connectivity index (χ1) is 11.4. The number of carboxylic acid groups (broad SMARTS) is 1. The van der Waals surface area contributed by atoms with E-state index in [1.165, 1.54) is 16.5 Å². The minimum atomic E-state index is -1.02. The quantitative estimate of drug-likeness (QED) is 0.881. The maximum absolute atomic E-state index is 12.7. The molecule has 1 aliphatic carbocycles. The van der Waals surface area contributed by atoms with Crippen LogP contribution >= 0.6 is 0 Å². The van der Waals surface area contributed by atoms with Crippen molar-refractivity contribution in [2.24, 2.45) is 7.05 Å². The Morgan fingerprint density at radius 2 is 1.96 bits per heavy atom. The zero-order valence-electron chi connectivity index (χ0n) is 13.6. The van der Waals surface area contributed by atoms with E-state index >= 15 is 0 Å². The Morgan fingerprint density at radius 3 is 2.54 bits per heavy atom. The molecule has 2 aromatic rings. The van der Waals surface area contributed by atoms with E-state index in [-0.39, 0.29) is 23.9 Å². The predicted molar refractivity (Wildman–Crippen MR) is 87.7 cm³/mol. The van der Waals surface area contributed by atoms with Crippen LogP contribution in [0.4, 0.5) is 0 Å². The first-order valence-corrected chi connectivity index (χ1v) is 7.89. The summed E-state index contributed by atoms with van der Waals surface area (Å²) < 4.78 is 1.22. The number of amides is 1. The molecule has 1 heterocycles. The van der Waals surface area contributed by atoms with Gasteiger partial charge in [0.1, 0.15) is 6.04 Å². The van der Waals surface area contributed by atoms with Gasteiger partial charge in [-0.05, 0) is 25.8 Å². The average Bonchev–Trinajstić information content (AvgIpc) is 3.37. The van der Waals surface area contributed by atoms with Crippen molar-refractivity contribution in [1.82, 2.24) is 14.7 Å². The highest BCUT2D eigenvalue weighted by Gasteiger charge is 2.38. The number of aryl methyl sites for hydroxylation is 1. The van der Waals surface area contributed by atoms with Gasteiger partial charge >= 0.3 is 5.97 Å². The van der Waals surface area contributed by atoms with Crippen LogP contribution in [0.25, 0.3) is 10.8 Å². The molecule has 0 radical (unpaired) electrons. The molecule has 1 atom stereocenters. The summed E-state index contributed by atoms with van der Waals surface area (Å²) in [5.74, 6) is -1.29. The van der Waals surface area contributed by atoms with Crippen molar-refractivity contribution < 1.29 is 14.7 Å². The van der Waals surface area contributed by atoms with Gasteiger partial charge < -0.3 is 10.0 Å². The normalized spacial score (nSPS) is 15.2. The molecule has 1 fully saturated rings. The third-order valence-electron chi connectivity index (χ3n) is 4.35. The Morgan fingerprint density at radius 1 is 1.33 bits per heavy atom. The molecule has 1 amide bonds. The number of carboxylic acids is 1. The Balaban J connectivity index is 1.97. The number of hydrogen-bond donors (Lipinski definition) is 1. The smallest absolute Gasteiger partial charge is 0.326 e. The van der Waals surface area contributed by atoms with Crippen LogP contribution in [0.3, 0.4) is 0 Å². The zero-order chi connectivity index (χ0) is 17.4. The molecule has 3 rings (SSSR count). The molecular formula is C17H19N3O4. The van der Waals surface area contributed by atoms with Crippen LogP contribution in [-0.4, -0.2) is 43.7 Å². The molecule has 0 saturated heterocycles. The molecule has 1 aliphatic rings. The summed E-state index contributed by atoms with van der Waals surface area (Å²) in [6.07, 6.45) is 1.62. The van der Waals surface area contributed by atoms with E-state index in [4.69, 9.17) is 0 Å². The minimum Gasteiger partial charge on any atom is -0.480 e. The molecule has 0 spiro atoms. The van der Waals surface area contributed by atoms with Crippen LogP contribution in [0.2, 0.25) is 0 Å². The lowest BCUT2D eigenvalue weighted by atomic mass is 10.1. The highest BCUT2D eigenvalue weighted by Crippen LogP contribution is 2.29. The van der Waals surface area contributed by atoms with E-state index in [0.717, 1.165) is 12.8 Å². The van der Waals surface area contributed by atoms with Gasteiger partial charge in [-0.3, -0.25) is 9.59 Å². The van der Waals surface area contributed by atoms with E-state index in [2.05, 4.69) is 5.10 Å². The van der Waals surface area contributed by atoms with Crippen LogP contribution < -0.4 is 5.56 Å². The maximum atomic E-state index is 12.7. The van der Waals surface area contributed by atoms with E-state index < -0.39 is 12.0 Å². The molecule has 1 aromatic heterocycles. The van der Waals surface area contributed by atoms with Crippen LogP contribution in [0.1, 0.15) is 25.5 Å². The van der Waals surface area contributed by atoms with Crippen molar-refractivity contribution in [3.63, 3.8) is 0 Å². The third kappa shape index (κ3) is 2.89. The molecule has 1 aromatic carbocycles. The van der Waals surface area contributed by atoms with E-state index in [1.54, 1.807) is 31.3 Å². The molecule has 1 N–H and O–H groups in total. The van der Waals surface area contributed by atoms with Gasteiger partial charge in [-0.25, -0.2) is 9.48 Å². The van der Waals surface area contributed by atoms with E-state index in [9.17, 15) is 19.5 Å². The second-order valence-electron chi connectivity index (χ2n) is 6.14. The second-order valence-corrected chi connectivity index (χ2v) is 6.14. The van der Waals surface area contributed by atoms with Gasteiger partial charge in [0.2, 0.25) is 5.91 Å². The molecule has 7 nitrogen and oxygen atoms in total. The van der Waals surface area contributed by atoms with Gasteiger partial charge in [-0.15, -0.1) is 0 Å². The number of hydrogen-bond acceptors (Lipinski definition) is 4. The highest BCUT2D eigenvalue weighted by atomic mass is 16.4. The molecular weight excluding hydrogens is 310 g/mol. The fourth-order valence-corrected chi connectivity index (χ4v) is 2.95. The summed E-state index contributed by atoms with van der Waals surface area (Å²) in [6.45, 7) is 1.52. The molecule has 24 heavy (non-hydrogen) atoms. The van der Waals surface area contributed by atoms with Crippen molar-refractivity contribution in [3.8, 4) is 0 Å². The Hall–Kier alpha value is -2.70. The van der Waals surface area contributed by atoms with Crippen molar-refractivity contribution in [1.29, 1.82) is 0 Å². The van der Waals surface area contributed by atoms with Crippen molar-refractivity contribution in [3.05, 3.63) is 40.3 Å². The SMILES string of the molecule is CC(C(=O)O)N(C(=O)Cc1nn(C)c(=O)c2ccccc12)C1CC1. The van der Waals surface area contributed by atoms with E-state index in [0.29, 0.717) is 16.5 Å². The van der Waals surface area contributed by atoms with Gasteiger partial charge in [0.25, 0.3) is 5.56 Å². The fourth-order valence-electron chi connectivity index (χ4n) is 2.95. The first-order valence-electron chi connectivity index (χ1n) is 7.89. The van der Waals surface area contributed by atoms with Crippen molar-refractivity contribution >= 4 is 22.6 Å². The number of aromatic nitrogens is 2. The summed E-state index contributed by atoms with van der Waals surface area (Å²) in [5, 5.41) is 14.6.